The molecule has 0 N–H and O–H groups in total. The molecule has 0 spiro atoms. The Morgan fingerprint density at radius 3 is 2.47 bits per heavy atom. The third-order valence-corrected chi connectivity index (χ3v) is 4.92. The summed E-state index contributed by atoms with van der Waals surface area (Å²) < 4.78 is 0. The molecule has 0 amide bonds. The zero-order valence-electron chi connectivity index (χ0n) is 12.0. The van der Waals surface area contributed by atoms with Gasteiger partial charge in [-0.05, 0) is 17.9 Å². The fourth-order valence-electron chi connectivity index (χ4n) is 3.10. The first-order chi connectivity index (χ1) is 9.12. The summed E-state index contributed by atoms with van der Waals surface area (Å²) in [5.41, 5.74) is 1.34. The number of hydrogen-bond donors (Lipinski definition) is 0. The van der Waals surface area contributed by atoms with Gasteiger partial charge in [0, 0.05) is 16.2 Å². The Labute approximate surface area is 122 Å². The maximum absolute atomic E-state index is 5.79. The van der Waals surface area contributed by atoms with Crippen molar-refractivity contribution in [3.8, 4) is 0 Å². The number of benzene rings is 1. The summed E-state index contributed by atoms with van der Waals surface area (Å²) in [5, 5.41) is 0. The van der Waals surface area contributed by atoms with Crippen LogP contribution in [0.1, 0.15) is 32.8 Å². The third-order valence-electron chi connectivity index (χ3n) is 4.43. The van der Waals surface area contributed by atoms with Gasteiger partial charge in [-0.3, -0.25) is 0 Å². The molecule has 2 atom stereocenters. The SMILES string of the molecule is CCC1(C(C)C)C=CC=CC1C(=S)c1ccccc1. The van der Waals surface area contributed by atoms with Crippen molar-refractivity contribution in [1.82, 2.24) is 0 Å². The second-order valence-electron chi connectivity index (χ2n) is 5.57. The smallest absolute Gasteiger partial charge is 0.0302 e. The summed E-state index contributed by atoms with van der Waals surface area (Å²) in [4.78, 5) is 1.07. The van der Waals surface area contributed by atoms with Crippen LogP contribution in [0.4, 0.5) is 0 Å². The third kappa shape index (κ3) is 2.57. The first-order valence-electron chi connectivity index (χ1n) is 7.07. The lowest BCUT2D eigenvalue weighted by Gasteiger charge is -2.42. The molecule has 0 radical (unpaired) electrons. The molecule has 1 aliphatic rings. The van der Waals surface area contributed by atoms with Gasteiger partial charge in [-0.2, -0.15) is 0 Å². The van der Waals surface area contributed by atoms with Crippen molar-refractivity contribution in [2.75, 3.05) is 0 Å². The topological polar surface area (TPSA) is 0 Å². The fraction of sp³-hybridized carbons (Fsp3) is 0.389. The quantitative estimate of drug-likeness (QED) is 0.535. The van der Waals surface area contributed by atoms with E-state index in [4.69, 9.17) is 12.2 Å². The molecular formula is C18H22S. The molecule has 1 heteroatoms. The van der Waals surface area contributed by atoms with E-state index in [0.717, 1.165) is 11.3 Å². The van der Waals surface area contributed by atoms with Crippen LogP contribution >= 0.6 is 12.2 Å². The Balaban J connectivity index is 2.39. The van der Waals surface area contributed by atoms with E-state index >= 15 is 0 Å². The van der Waals surface area contributed by atoms with Gasteiger partial charge < -0.3 is 0 Å². The van der Waals surface area contributed by atoms with Crippen LogP contribution in [-0.4, -0.2) is 4.86 Å². The van der Waals surface area contributed by atoms with E-state index in [1.54, 1.807) is 0 Å². The first kappa shape index (κ1) is 14.2. The molecular weight excluding hydrogens is 248 g/mol. The molecule has 2 rings (SSSR count). The Morgan fingerprint density at radius 2 is 1.89 bits per heavy atom. The summed E-state index contributed by atoms with van der Waals surface area (Å²) in [7, 11) is 0. The fourth-order valence-corrected chi connectivity index (χ4v) is 3.54. The maximum atomic E-state index is 5.79. The van der Waals surface area contributed by atoms with Crippen molar-refractivity contribution in [2.45, 2.75) is 27.2 Å². The Kier molecular flexibility index (Phi) is 4.36. The van der Waals surface area contributed by atoms with E-state index in [2.05, 4.69) is 69.3 Å². The Hall–Kier alpha value is -1.21. The van der Waals surface area contributed by atoms with Crippen LogP contribution in [0.15, 0.2) is 54.6 Å². The standard InChI is InChI=1S/C18H22S/c1-4-18(14(2)3)13-9-8-12-16(18)17(19)15-10-6-5-7-11-15/h5-14,16H,4H2,1-3H3. The molecule has 0 bridgehead atoms. The van der Waals surface area contributed by atoms with E-state index in [0.29, 0.717) is 11.8 Å². The van der Waals surface area contributed by atoms with Gasteiger partial charge in [0.15, 0.2) is 0 Å². The first-order valence-corrected chi connectivity index (χ1v) is 7.48. The second-order valence-corrected chi connectivity index (χ2v) is 6.01. The molecule has 0 nitrogen and oxygen atoms in total. The minimum Gasteiger partial charge on any atom is -0.0836 e. The minimum atomic E-state index is 0.154. The molecule has 100 valence electrons. The van der Waals surface area contributed by atoms with Gasteiger partial charge in [-0.1, -0.05) is 87.6 Å². The Morgan fingerprint density at radius 1 is 1.21 bits per heavy atom. The van der Waals surface area contributed by atoms with Gasteiger partial charge in [0.2, 0.25) is 0 Å². The van der Waals surface area contributed by atoms with Gasteiger partial charge in [0.1, 0.15) is 0 Å². The Bertz CT molecular complexity index is 496. The van der Waals surface area contributed by atoms with Crippen LogP contribution in [0.5, 0.6) is 0 Å². The summed E-state index contributed by atoms with van der Waals surface area (Å²) in [5.74, 6) is 0.894. The predicted octanol–water partition coefficient (Wildman–Crippen LogP) is 5.20. The van der Waals surface area contributed by atoms with Crippen LogP contribution in [0, 0.1) is 17.3 Å². The second kappa shape index (κ2) is 5.83. The van der Waals surface area contributed by atoms with Crippen LogP contribution in [0.2, 0.25) is 0 Å². The van der Waals surface area contributed by atoms with E-state index in [1.165, 1.54) is 5.56 Å². The van der Waals surface area contributed by atoms with Crippen molar-refractivity contribution in [3.63, 3.8) is 0 Å². The van der Waals surface area contributed by atoms with Gasteiger partial charge in [-0.25, -0.2) is 0 Å². The van der Waals surface area contributed by atoms with Gasteiger partial charge in [0.25, 0.3) is 0 Å². The molecule has 1 aromatic carbocycles. The molecule has 0 aliphatic heterocycles. The van der Waals surface area contributed by atoms with E-state index in [-0.39, 0.29) is 5.41 Å². The lowest BCUT2D eigenvalue weighted by Crippen LogP contribution is -2.38. The summed E-state index contributed by atoms with van der Waals surface area (Å²) in [6.07, 6.45) is 10.1. The van der Waals surface area contributed by atoms with Crippen LogP contribution in [0.3, 0.4) is 0 Å². The van der Waals surface area contributed by atoms with Gasteiger partial charge in [0.05, 0.1) is 0 Å². The number of hydrogen-bond acceptors (Lipinski definition) is 1. The predicted molar refractivity (Wildman–Crippen MR) is 87.5 cm³/mol. The van der Waals surface area contributed by atoms with E-state index in [9.17, 15) is 0 Å². The molecule has 0 saturated carbocycles. The molecule has 0 heterocycles. The highest BCUT2D eigenvalue weighted by atomic mass is 32.1. The molecule has 1 aromatic rings. The number of thiocarbonyl (C=S) groups is 1. The summed E-state index contributed by atoms with van der Waals surface area (Å²) in [6.45, 7) is 6.87. The highest BCUT2D eigenvalue weighted by Gasteiger charge is 2.39. The van der Waals surface area contributed by atoms with Crippen molar-refractivity contribution in [3.05, 3.63) is 60.2 Å². The van der Waals surface area contributed by atoms with Crippen LogP contribution < -0.4 is 0 Å². The minimum absolute atomic E-state index is 0.154. The van der Waals surface area contributed by atoms with E-state index < -0.39 is 0 Å². The van der Waals surface area contributed by atoms with Crippen LogP contribution in [0.25, 0.3) is 0 Å². The normalized spacial score (nSPS) is 25.8. The van der Waals surface area contributed by atoms with Crippen molar-refractivity contribution in [2.24, 2.45) is 17.3 Å². The molecule has 1 aliphatic carbocycles. The average Bonchev–Trinajstić information content (AvgIpc) is 2.47. The maximum Gasteiger partial charge on any atom is 0.0302 e. The average molecular weight is 270 g/mol. The van der Waals surface area contributed by atoms with Crippen molar-refractivity contribution in [1.29, 1.82) is 0 Å². The summed E-state index contributed by atoms with van der Waals surface area (Å²) in [6, 6.07) is 10.4. The molecule has 0 fully saturated rings. The highest BCUT2D eigenvalue weighted by Crippen LogP contribution is 2.45. The molecule has 19 heavy (non-hydrogen) atoms. The zero-order chi connectivity index (χ0) is 13.9. The van der Waals surface area contributed by atoms with Crippen molar-refractivity contribution < 1.29 is 0 Å². The lowest BCUT2D eigenvalue weighted by atomic mass is 9.62. The van der Waals surface area contributed by atoms with Gasteiger partial charge >= 0.3 is 0 Å². The summed E-state index contributed by atoms with van der Waals surface area (Å²) >= 11 is 5.79. The van der Waals surface area contributed by atoms with Crippen LogP contribution in [-0.2, 0) is 0 Å². The molecule has 0 aromatic heterocycles. The van der Waals surface area contributed by atoms with Gasteiger partial charge in [-0.15, -0.1) is 0 Å². The largest absolute Gasteiger partial charge is 0.0836 e. The highest BCUT2D eigenvalue weighted by molar-refractivity contribution is 7.80. The van der Waals surface area contributed by atoms with Crippen molar-refractivity contribution >= 4 is 17.1 Å². The zero-order valence-corrected chi connectivity index (χ0v) is 12.8. The number of rotatable bonds is 4. The molecule has 2 unspecified atom stereocenters. The number of allylic oxidation sites excluding steroid dienone is 4. The molecule has 0 saturated heterocycles. The monoisotopic (exact) mass is 270 g/mol. The van der Waals surface area contributed by atoms with E-state index in [1.807, 2.05) is 6.07 Å². The lowest BCUT2D eigenvalue weighted by molar-refractivity contribution is 0.220.